The zero-order valence-corrected chi connectivity index (χ0v) is 23.5. The van der Waals surface area contributed by atoms with E-state index in [4.69, 9.17) is 16.3 Å². The molecular formula is C33H25BrN6O. The molecule has 4 aromatic carbocycles. The summed E-state index contributed by atoms with van der Waals surface area (Å²) in [6.07, 6.45) is 3.73. The Kier molecular flexibility index (Phi) is 8.26. The lowest BCUT2D eigenvalue weighted by Gasteiger charge is -2.20. The highest BCUT2D eigenvalue weighted by Crippen LogP contribution is 2.33. The molecule has 1 aliphatic rings. The number of aromatic nitrogens is 2. The first-order valence-electron chi connectivity index (χ1n) is 12.8. The van der Waals surface area contributed by atoms with E-state index in [0.29, 0.717) is 24.2 Å². The molecule has 0 saturated carbocycles. The Balaban J connectivity index is 0.000000132. The number of nitriles is 2. The number of fused-ring (bicyclic) bond motifs is 3. The van der Waals surface area contributed by atoms with E-state index < -0.39 is 0 Å². The molecule has 0 aliphatic carbocycles. The number of nitrogens with one attached hydrogen (secondary N) is 2. The van der Waals surface area contributed by atoms with Crippen LogP contribution in [0.4, 0.5) is 5.69 Å². The minimum Gasteiger partial charge on any atom is -0.361 e. The van der Waals surface area contributed by atoms with Gasteiger partial charge >= 0.3 is 0 Å². The number of nitrogens with two attached hydrogens (primary N) is 1. The van der Waals surface area contributed by atoms with E-state index >= 15 is 0 Å². The highest BCUT2D eigenvalue weighted by molar-refractivity contribution is 9.10. The largest absolute Gasteiger partial charge is 0.361 e. The smallest absolute Gasteiger partial charge is 0.258 e. The van der Waals surface area contributed by atoms with Gasteiger partial charge in [-0.3, -0.25) is 4.79 Å². The van der Waals surface area contributed by atoms with Crippen LogP contribution < -0.4 is 10.6 Å². The first-order valence-corrected chi connectivity index (χ1v) is 13.6. The number of rotatable bonds is 2. The van der Waals surface area contributed by atoms with Gasteiger partial charge in [0.2, 0.25) is 0 Å². The van der Waals surface area contributed by atoms with Crippen LogP contribution in [-0.4, -0.2) is 15.9 Å². The maximum absolute atomic E-state index is 12.4. The van der Waals surface area contributed by atoms with Gasteiger partial charge in [-0.15, -0.1) is 0 Å². The van der Waals surface area contributed by atoms with Crippen LogP contribution in [-0.2, 0) is 13.1 Å². The quantitative estimate of drug-likeness (QED) is 0.195. The van der Waals surface area contributed by atoms with Crippen LogP contribution in [0.3, 0.4) is 0 Å². The number of nitrogens with zero attached hydrogens (tertiary/aromatic N) is 3. The lowest BCUT2D eigenvalue weighted by atomic mass is 10.1. The summed E-state index contributed by atoms with van der Waals surface area (Å²) < 4.78 is 0.941. The molecule has 0 unspecified atom stereocenters. The highest BCUT2D eigenvalue weighted by Gasteiger charge is 2.29. The van der Waals surface area contributed by atoms with Gasteiger partial charge in [0.1, 0.15) is 0 Å². The molecule has 8 heteroatoms. The first kappa shape index (κ1) is 27.4. The van der Waals surface area contributed by atoms with E-state index in [0.717, 1.165) is 48.7 Å². The van der Waals surface area contributed by atoms with E-state index in [1.165, 1.54) is 0 Å². The van der Waals surface area contributed by atoms with Crippen LogP contribution in [0.1, 0.15) is 32.6 Å². The maximum atomic E-state index is 12.4. The van der Waals surface area contributed by atoms with Gasteiger partial charge in [0.05, 0.1) is 29.8 Å². The third-order valence-corrected chi connectivity index (χ3v) is 7.52. The van der Waals surface area contributed by atoms with Crippen LogP contribution >= 0.6 is 15.9 Å². The summed E-state index contributed by atoms with van der Waals surface area (Å²) in [6, 6.07) is 32.8. The lowest BCUT2D eigenvalue weighted by Crippen LogP contribution is -2.25. The molecule has 0 atom stereocenters. The Bertz CT molecular complexity index is 1860. The molecule has 41 heavy (non-hydrogen) atoms. The zero-order valence-electron chi connectivity index (χ0n) is 21.9. The number of anilines is 1. The van der Waals surface area contributed by atoms with Gasteiger partial charge in [0.25, 0.3) is 5.91 Å². The van der Waals surface area contributed by atoms with Gasteiger partial charge in [-0.1, -0.05) is 40.2 Å². The summed E-state index contributed by atoms with van der Waals surface area (Å²) >= 11 is 3.49. The molecule has 1 aliphatic heterocycles. The van der Waals surface area contributed by atoms with Crippen LogP contribution in [0.5, 0.6) is 0 Å². The van der Waals surface area contributed by atoms with Crippen molar-refractivity contribution in [3.05, 3.63) is 136 Å². The summed E-state index contributed by atoms with van der Waals surface area (Å²) in [5, 5.41) is 19.3. The molecule has 0 fully saturated rings. The standard InChI is InChI=1S/C15H13BrN2O.2C9H6N2/c16-13-6-3-7-14(12(13)8-17)18-9-10-4-1-2-5-11(10)15(18)19;2*10-6-7-1-2-9-8(5-7)3-4-11-9/h1-7H,8-9,17H2;2*1-5,11H. The van der Waals surface area contributed by atoms with Crippen molar-refractivity contribution in [1.82, 2.24) is 9.97 Å². The fourth-order valence-corrected chi connectivity index (χ4v) is 5.21. The SMILES string of the molecule is N#Cc1ccc2[nH]ccc2c1.N#Cc1ccc2[nH]ccc2c1.NCc1c(Br)cccc1N1Cc2ccccc2C1=O. The third kappa shape index (κ3) is 5.90. The van der Waals surface area contributed by atoms with Gasteiger partial charge < -0.3 is 20.6 Å². The van der Waals surface area contributed by atoms with Crippen LogP contribution in [0.2, 0.25) is 0 Å². The number of hydrogen-bond donors (Lipinski definition) is 3. The molecule has 3 heterocycles. The van der Waals surface area contributed by atoms with E-state index in [-0.39, 0.29) is 5.91 Å². The summed E-state index contributed by atoms with van der Waals surface area (Å²) in [6.45, 7) is 1.01. The number of H-pyrrole nitrogens is 2. The van der Waals surface area contributed by atoms with E-state index in [9.17, 15) is 4.79 Å². The predicted molar refractivity (Wildman–Crippen MR) is 165 cm³/mol. The van der Waals surface area contributed by atoms with Crippen molar-refractivity contribution in [2.24, 2.45) is 5.73 Å². The van der Waals surface area contributed by atoms with Gasteiger partial charge in [-0.05, 0) is 72.3 Å². The van der Waals surface area contributed by atoms with Crippen molar-refractivity contribution in [2.75, 3.05) is 4.90 Å². The van der Waals surface area contributed by atoms with Crippen molar-refractivity contribution >= 4 is 49.3 Å². The van der Waals surface area contributed by atoms with Gasteiger partial charge in [0.15, 0.2) is 0 Å². The fraction of sp³-hybridized carbons (Fsp3) is 0.0606. The number of carbonyl (C=O) groups excluding carboxylic acids is 1. The second-order valence-electron chi connectivity index (χ2n) is 9.27. The van der Waals surface area contributed by atoms with Crippen molar-refractivity contribution in [1.29, 1.82) is 10.5 Å². The molecule has 7 rings (SSSR count). The second-order valence-corrected chi connectivity index (χ2v) is 10.1. The molecule has 7 nitrogen and oxygen atoms in total. The zero-order chi connectivity index (χ0) is 28.8. The molecule has 6 aromatic rings. The average Bonchev–Trinajstić information content (AvgIpc) is 3.76. The van der Waals surface area contributed by atoms with Crippen molar-refractivity contribution in [2.45, 2.75) is 13.1 Å². The summed E-state index contributed by atoms with van der Waals surface area (Å²) in [5.41, 5.74) is 13.1. The Morgan fingerprint density at radius 3 is 1.98 bits per heavy atom. The molecular weight excluding hydrogens is 576 g/mol. The third-order valence-electron chi connectivity index (χ3n) is 6.78. The Morgan fingerprint density at radius 2 is 1.41 bits per heavy atom. The van der Waals surface area contributed by atoms with Crippen molar-refractivity contribution < 1.29 is 4.79 Å². The predicted octanol–water partition coefficient (Wildman–Crippen LogP) is 7.15. The number of carbonyl (C=O) groups is 1. The summed E-state index contributed by atoms with van der Waals surface area (Å²) in [4.78, 5) is 20.4. The number of hydrogen-bond acceptors (Lipinski definition) is 4. The number of aromatic amines is 2. The minimum atomic E-state index is 0.0448. The lowest BCUT2D eigenvalue weighted by molar-refractivity contribution is 0.0996. The minimum absolute atomic E-state index is 0.0448. The number of amides is 1. The molecule has 0 saturated heterocycles. The molecule has 2 aromatic heterocycles. The topological polar surface area (TPSA) is 125 Å². The van der Waals surface area contributed by atoms with Crippen molar-refractivity contribution in [3.8, 4) is 12.1 Å². The van der Waals surface area contributed by atoms with Crippen LogP contribution in [0.25, 0.3) is 21.8 Å². The molecule has 1 amide bonds. The number of halogens is 1. The van der Waals surface area contributed by atoms with Crippen LogP contribution in [0, 0.1) is 22.7 Å². The molecule has 0 radical (unpaired) electrons. The Hall–Kier alpha value is -5.15. The molecule has 0 spiro atoms. The average molecular weight is 602 g/mol. The normalized spacial score (nSPS) is 11.6. The molecule has 4 N–H and O–H groups in total. The van der Waals surface area contributed by atoms with Gasteiger partial charge in [0, 0.05) is 62.0 Å². The van der Waals surface area contributed by atoms with Crippen molar-refractivity contribution in [3.63, 3.8) is 0 Å². The van der Waals surface area contributed by atoms with E-state index in [2.05, 4.69) is 38.0 Å². The van der Waals surface area contributed by atoms with E-state index in [1.54, 1.807) is 17.0 Å². The van der Waals surface area contributed by atoms with Gasteiger partial charge in [-0.2, -0.15) is 10.5 Å². The maximum Gasteiger partial charge on any atom is 0.258 e. The Labute approximate surface area is 245 Å². The summed E-state index contributed by atoms with van der Waals surface area (Å²) in [7, 11) is 0. The van der Waals surface area contributed by atoms with E-state index in [1.807, 2.05) is 91.3 Å². The molecule has 200 valence electrons. The van der Waals surface area contributed by atoms with Crippen LogP contribution in [0.15, 0.2) is 108 Å². The molecule has 0 bridgehead atoms. The fourth-order valence-electron chi connectivity index (χ4n) is 4.70. The number of benzene rings is 4. The highest BCUT2D eigenvalue weighted by atomic mass is 79.9. The first-order chi connectivity index (χ1) is 20.0. The second kappa shape index (κ2) is 12.4. The monoisotopic (exact) mass is 600 g/mol. The van der Waals surface area contributed by atoms with Gasteiger partial charge in [-0.25, -0.2) is 0 Å². The Morgan fingerprint density at radius 1 is 0.805 bits per heavy atom. The summed E-state index contributed by atoms with van der Waals surface area (Å²) in [5.74, 6) is 0.0448.